The number of phosphoric acid groups is 2. The Morgan fingerprint density at radius 1 is 0.425 bits per heavy atom. The van der Waals surface area contributed by atoms with Crippen LogP contribution in [-0.2, 0) is 207 Å². The molecule has 9 aromatic carbocycles. The Morgan fingerprint density at radius 3 is 1.25 bits per heavy atom. The smallest absolute Gasteiger partial charge is 0.462 e. The molecule has 3 fully saturated rings. The molecule has 36 heteroatoms. The molecule has 0 bridgehead atoms. The largest absolute Gasteiger partial charge is 0.477 e. The second kappa shape index (κ2) is 57.5. The number of aliphatic hydroxyl groups is 2. The van der Waals surface area contributed by atoms with Gasteiger partial charge < -0.3 is 91.9 Å². The van der Waals surface area contributed by atoms with Gasteiger partial charge in [0, 0.05) is 19.3 Å². The Balaban J connectivity index is 0.988. The minimum absolute atomic E-state index is 0.0142. The highest BCUT2D eigenvalue weighted by molar-refractivity contribution is 7.48. The highest BCUT2D eigenvalue weighted by atomic mass is 31.2. The SMILES string of the molecule is CCC(=O)O[C@H](CC)CC(=O)NC1[C@@H](OP(=O)(OCc2ccccc2)OCc2ccccc2)OC(CO[C@@H]2OC(CO[C@]3(C(=O)OCc4ccccc4)C[C@@H](O)[C@@H](O)C([C@@H](COCc4ccccc4)OCc4ccccc4)O3)[C@@H](OP3(=O)OCc4ccccc4CO3)[C@H](OC(=O)C[C@@H](CC)OCc3ccccc3)C2NC(=O)C[C@@H](CC)OC(=O)CC)[C@@H](OCc2ccccc2)[C@@H]1OC(=O)C[C@@H](CC)OCc1ccccc1. The predicted molar refractivity (Wildman–Crippen MR) is 529 cm³/mol. The van der Waals surface area contributed by atoms with Crippen LogP contribution in [0.15, 0.2) is 267 Å². The summed E-state index contributed by atoms with van der Waals surface area (Å²) in [6.45, 7) is 5.25. The van der Waals surface area contributed by atoms with Crippen LogP contribution in [0.1, 0.15) is 168 Å². The first-order valence-electron chi connectivity index (χ1n) is 49.6. The van der Waals surface area contributed by atoms with Crippen molar-refractivity contribution in [2.75, 3.05) is 19.8 Å². The van der Waals surface area contributed by atoms with Gasteiger partial charge in [-0.2, -0.15) is 0 Å². The molecule has 0 aromatic heterocycles. The van der Waals surface area contributed by atoms with E-state index in [1.807, 2.05) is 104 Å². The molecule has 4 N–H and O–H groups in total. The number of rotatable bonds is 56. The molecule has 34 nitrogen and oxygen atoms in total. The molecule has 2 amide bonds. The van der Waals surface area contributed by atoms with Crippen molar-refractivity contribution in [1.29, 1.82) is 0 Å². The highest BCUT2D eigenvalue weighted by Crippen LogP contribution is 2.57. The van der Waals surface area contributed by atoms with Gasteiger partial charge in [0.1, 0.15) is 73.6 Å². The van der Waals surface area contributed by atoms with E-state index in [1.54, 1.807) is 204 Å². The van der Waals surface area contributed by atoms with E-state index in [1.165, 1.54) is 0 Å². The number of phosphoric ester groups is 2. The topological polar surface area (TPSA) is 412 Å². The van der Waals surface area contributed by atoms with Crippen molar-refractivity contribution in [3.63, 3.8) is 0 Å². The third-order valence-electron chi connectivity index (χ3n) is 24.9. The number of carbonyl (C=O) groups is 7. The standard InChI is InChI=1S/C110H132N2O32P2/c1-7-85(125-63-76-41-23-14-24-42-76)59-97(118)140-105-100(112-94(115)58-88(10-4)137-96(117)12-6)108(144-146(123,132-68-81-51-33-19-34-52-81)133-69-82-53-35-20-36-54-82)139-91(103(105)128-66-79-47-29-17-30-48-79)73-129-107-99(111-93(114)57-87(9-3)136-95(116)11-5)106(141-98(119)60-86(8-2)126-64-77-43-25-15-26-44-77)104(143-145(122)134-70-83-55-37-38-56-84(83)71-135-145)92(138-107)74-131-110(109(121)130-67-80-49-31-18-32-50-80)61-89(113)101(120)102(142-110)90(127-65-78-45-27-16-28-46-78)72-124-62-75-39-21-13-22-40-75/h13-56,85-92,99-108,113,120H,7-12,57-74H2,1-6H3,(H,111,114)(H,112,115)/t85-,86-,87-,88-,89-,90-,91?,92?,99?,100?,101-,102?,103-,104-,105-,106-,107-,108-,110-/m1/s1. The summed E-state index contributed by atoms with van der Waals surface area (Å²) in [7, 11) is -10.4. The number of ether oxygens (including phenoxy) is 15. The van der Waals surface area contributed by atoms with Crippen molar-refractivity contribution >= 4 is 57.3 Å². The Morgan fingerprint density at radius 2 is 0.808 bits per heavy atom. The predicted octanol–water partition coefficient (Wildman–Crippen LogP) is 16.4. The maximum atomic E-state index is 16.4. The van der Waals surface area contributed by atoms with Gasteiger partial charge in [-0.3, -0.25) is 55.9 Å². The molecule has 0 saturated carbocycles. The van der Waals surface area contributed by atoms with E-state index in [0.29, 0.717) is 38.9 Å². The molecule has 784 valence electrons. The lowest BCUT2D eigenvalue weighted by molar-refractivity contribution is -0.345. The molecule has 4 aliphatic rings. The normalized spacial score (nSPS) is 22.9. The Hall–Kier alpha value is -11.0. The summed E-state index contributed by atoms with van der Waals surface area (Å²) in [5.74, 6) is -9.21. The zero-order valence-corrected chi connectivity index (χ0v) is 84.6. The van der Waals surface area contributed by atoms with E-state index >= 15 is 33.1 Å². The summed E-state index contributed by atoms with van der Waals surface area (Å²) in [5, 5.41) is 31.1. The number of aliphatic hydroxyl groups excluding tert-OH is 2. The summed E-state index contributed by atoms with van der Waals surface area (Å²) < 4.78 is 172. The van der Waals surface area contributed by atoms with Gasteiger partial charge >= 0.3 is 45.5 Å². The quantitative estimate of drug-likeness (QED) is 0.0156. The van der Waals surface area contributed by atoms with Crippen LogP contribution >= 0.6 is 15.6 Å². The molecule has 4 aliphatic heterocycles. The van der Waals surface area contributed by atoms with Crippen molar-refractivity contribution in [2.24, 2.45) is 0 Å². The highest BCUT2D eigenvalue weighted by Gasteiger charge is 2.60. The molecule has 13 rings (SSSR count). The van der Waals surface area contributed by atoms with Crippen LogP contribution in [0.5, 0.6) is 0 Å². The first-order valence-corrected chi connectivity index (χ1v) is 52.5. The minimum atomic E-state index is -5.21. The fraction of sp³-hybridized carbons (Fsp3) is 0.445. The van der Waals surface area contributed by atoms with Crippen LogP contribution in [0.4, 0.5) is 0 Å². The Labute approximate surface area is 851 Å². The summed E-state index contributed by atoms with van der Waals surface area (Å²) >= 11 is 0. The van der Waals surface area contributed by atoms with Crippen molar-refractivity contribution < 1.29 is 151 Å². The lowest BCUT2D eigenvalue weighted by Crippen LogP contribution is -2.69. The molecule has 0 spiro atoms. The van der Waals surface area contributed by atoms with Gasteiger partial charge in [0.05, 0.1) is 123 Å². The fourth-order valence-electron chi connectivity index (χ4n) is 16.7. The van der Waals surface area contributed by atoms with E-state index < -0.39 is 252 Å². The molecular weight excluding hydrogens is 1920 g/mol. The number of hydrogen-bond acceptors (Lipinski definition) is 32. The third-order valence-corrected chi connectivity index (χ3v) is 27.6. The summed E-state index contributed by atoms with van der Waals surface area (Å²) in [6, 6.07) is 74.1. The number of amides is 2. The maximum absolute atomic E-state index is 16.4. The number of nitrogens with one attached hydrogen (secondary N) is 2. The molecule has 19 atom stereocenters. The van der Waals surface area contributed by atoms with E-state index in [2.05, 4.69) is 10.6 Å². The number of esters is 5. The Bertz CT molecular complexity index is 5510. The third kappa shape index (κ3) is 34.3. The van der Waals surface area contributed by atoms with Crippen molar-refractivity contribution in [2.45, 2.75) is 294 Å². The fourth-order valence-corrected chi connectivity index (χ4v) is 19.3. The molecule has 5 unspecified atom stereocenters. The Kier molecular flexibility index (Phi) is 44.2. The number of hydrogen-bond donors (Lipinski definition) is 4. The second-order valence-corrected chi connectivity index (χ2v) is 38.9. The van der Waals surface area contributed by atoms with E-state index in [4.69, 9.17) is 98.2 Å². The van der Waals surface area contributed by atoms with Gasteiger partial charge in [-0.25, -0.2) is 13.9 Å². The maximum Gasteiger partial charge on any atom is 0.477 e. The van der Waals surface area contributed by atoms with Crippen molar-refractivity contribution in [3.05, 3.63) is 323 Å². The van der Waals surface area contributed by atoms with E-state index in [9.17, 15) is 19.8 Å². The minimum Gasteiger partial charge on any atom is -0.462 e. The van der Waals surface area contributed by atoms with E-state index in [0.717, 1.165) is 16.7 Å². The molecule has 4 heterocycles. The number of fused-ring (bicyclic) bond motifs is 1. The van der Waals surface area contributed by atoms with Gasteiger partial charge in [-0.15, -0.1) is 0 Å². The van der Waals surface area contributed by atoms with Gasteiger partial charge in [0.15, 0.2) is 24.8 Å². The molecular formula is C110H132N2O32P2. The van der Waals surface area contributed by atoms with Gasteiger partial charge in [-0.1, -0.05) is 308 Å². The van der Waals surface area contributed by atoms with Crippen LogP contribution in [0.25, 0.3) is 0 Å². The summed E-state index contributed by atoms with van der Waals surface area (Å²) in [5.41, 5.74) is 6.01. The van der Waals surface area contributed by atoms with Crippen LogP contribution < -0.4 is 10.6 Å². The summed E-state index contributed by atoms with van der Waals surface area (Å²) in [6.07, 6.45) is -29.5. The van der Waals surface area contributed by atoms with Gasteiger partial charge in [0.25, 0.3) is 5.79 Å². The van der Waals surface area contributed by atoms with Crippen LogP contribution in [0.3, 0.4) is 0 Å². The molecule has 0 aliphatic carbocycles. The van der Waals surface area contributed by atoms with Crippen LogP contribution in [0, 0.1) is 0 Å². The zero-order valence-electron chi connectivity index (χ0n) is 82.8. The molecule has 0 radical (unpaired) electrons. The zero-order chi connectivity index (χ0) is 103. The monoisotopic (exact) mass is 2050 g/mol. The second-order valence-electron chi connectivity index (χ2n) is 35.7. The average Bonchev–Trinajstić information content (AvgIpc) is 0.869. The number of carbonyl (C=O) groups excluding carboxylic acids is 7. The summed E-state index contributed by atoms with van der Waals surface area (Å²) in [4.78, 5) is 105. The van der Waals surface area contributed by atoms with Crippen molar-refractivity contribution in [1.82, 2.24) is 10.6 Å². The van der Waals surface area contributed by atoms with E-state index in [-0.39, 0.29) is 78.2 Å². The lowest BCUT2D eigenvalue weighted by atomic mass is 9.92. The molecule has 9 aromatic rings. The van der Waals surface area contributed by atoms with Crippen LogP contribution in [0.2, 0.25) is 0 Å². The van der Waals surface area contributed by atoms with Gasteiger partial charge in [0.2, 0.25) is 11.8 Å². The number of benzene rings is 9. The molecule has 3 saturated heterocycles. The van der Waals surface area contributed by atoms with Crippen molar-refractivity contribution in [3.8, 4) is 0 Å². The molecule has 146 heavy (non-hydrogen) atoms. The van der Waals surface area contributed by atoms with Gasteiger partial charge in [-0.05, 0) is 81.3 Å². The average molecular weight is 2060 g/mol. The first kappa shape index (κ1) is 112. The van der Waals surface area contributed by atoms with Crippen LogP contribution in [-0.4, -0.2) is 188 Å². The lowest BCUT2D eigenvalue weighted by Gasteiger charge is -2.49. The first-order chi connectivity index (χ1) is 70.9.